The second-order valence-electron chi connectivity index (χ2n) is 5.69. The van der Waals surface area contributed by atoms with Gasteiger partial charge in [-0.3, -0.25) is 9.59 Å². The highest BCUT2D eigenvalue weighted by molar-refractivity contribution is 7.21. The summed E-state index contributed by atoms with van der Waals surface area (Å²) in [4.78, 5) is 27.3. The quantitative estimate of drug-likeness (QED) is 0.937. The normalized spacial score (nSPS) is 16.3. The van der Waals surface area contributed by atoms with Gasteiger partial charge in [0.15, 0.2) is 0 Å². The summed E-state index contributed by atoms with van der Waals surface area (Å²) in [6.45, 7) is 5.96. The van der Waals surface area contributed by atoms with Gasteiger partial charge >= 0.3 is 0 Å². The van der Waals surface area contributed by atoms with Crippen LogP contribution in [0.4, 0.5) is 0 Å². The largest absolute Gasteiger partial charge is 0.378 e. The fraction of sp³-hybridized carbons (Fsp3) is 0.412. The number of nitrogens with one attached hydrogen (secondary N) is 1. The Morgan fingerprint density at radius 2 is 1.96 bits per heavy atom. The molecule has 6 heteroatoms. The average Bonchev–Trinajstić information content (AvgIpc) is 2.92. The van der Waals surface area contributed by atoms with Gasteiger partial charge in [0.25, 0.3) is 5.91 Å². The number of carbonyl (C=O) groups excluding carboxylic acids is 2. The molecule has 1 N–H and O–H groups in total. The van der Waals surface area contributed by atoms with Crippen LogP contribution in [0, 0.1) is 6.92 Å². The fourth-order valence-corrected chi connectivity index (χ4v) is 3.88. The number of rotatable bonds is 3. The molecule has 1 saturated heterocycles. The van der Waals surface area contributed by atoms with Crippen LogP contribution in [-0.4, -0.2) is 49.1 Å². The van der Waals surface area contributed by atoms with Gasteiger partial charge in [0.1, 0.15) is 6.04 Å². The van der Waals surface area contributed by atoms with E-state index in [0.29, 0.717) is 31.2 Å². The van der Waals surface area contributed by atoms with Crippen LogP contribution in [0.1, 0.15) is 22.2 Å². The highest BCUT2D eigenvalue weighted by Gasteiger charge is 2.25. The molecule has 122 valence electrons. The number of ether oxygens (including phenoxy) is 1. The van der Waals surface area contributed by atoms with Crippen molar-refractivity contribution in [3.63, 3.8) is 0 Å². The lowest BCUT2D eigenvalue weighted by atomic mass is 10.1. The van der Waals surface area contributed by atoms with E-state index in [4.69, 9.17) is 4.74 Å². The molecule has 2 heterocycles. The minimum absolute atomic E-state index is 0.0552. The maximum absolute atomic E-state index is 12.5. The van der Waals surface area contributed by atoms with E-state index in [2.05, 4.69) is 5.32 Å². The number of hydrogen-bond donors (Lipinski definition) is 1. The Kier molecular flexibility index (Phi) is 4.63. The first-order valence-electron chi connectivity index (χ1n) is 7.73. The lowest BCUT2D eigenvalue weighted by molar-refractivity contribution is -0.136. The summed E-state index contributed by atoms with van der Waals surface area (Å²) in [5.74, 6) is -0.238. The molecule has 5 nitrogen and oxygen atoms in total. The Morgan fingerprint density at radius 1 is 1.26 bits per heavy atom. The number of fused-ring (bicyclic) bond motifs is 1. The zero-order valence-electron chi connectivity index (χ0n) is 13.3. The Bertz CT molecular complexity index is 735. The predicted molar refractivity (Wildman–Crippen MR) is 90.9 cm³/mol. The molecule has 0 bridgehead atoms. The molecule has 0 radical (unpaired) electrons. The van der Waals surface area contributed by atoms with Crippen LogP contribution in [0.3, 0.4) is 0 Å². The van der Waals surface area contributed by atoms with Gasteiger partial charge in [-0.1, -0.05) is 18.2 Å². The van der Waals surface area contributed by atoms with Crippen molar-refractivity contribution < 1.29 is 14.3 Å². The van der Waals surface area contributed by atoms with Gasteiger partial charge in [0.2, 0.25) is 5.91 Å². The van der Waals surface area contributed by atoms with Gasteiger partial charge in [-0.25, -0.2) is 0 Å². The number of aryl methyl sites for hydroxylation is 1. The number of nitrogens with zero attached hydrogens (tertiary/aromatic N) is 1. The molecule has 1 atom stereocenters. The summed E-state index contributed by atoms with van der Waals surface area (Å²) < 4.78 is 6.34. The van der Waals surface area contributed by atoms with E-state index >= 15 is 0 Å². The molecule has 1 aliphatic heterocycles. The second-order valence-corrected chi connectivity index (χ2v) is 6.74. The monoisotopic (exact) mass is 332 g/mol. The molecule has 0 aliphatic carbocycles. The van der Waals surface area contributed by atoms with Crippen LogP contribution in [0.25, 0.3) is 10.1 Å². The van der Waals surface area contributed by atoms with E-state index in [-0.39, 0.29) is 11.8 Å². The molecule has 2 aromatic rings. The van der Waals surface area contributed by atoms with Crippen molar-refractivity contribution in [3.8, 4) is 0 Å². The number of benzene rings is 1. The zero-order chi connectivity index (χ0) is 16.4. The van der Waals surface area contributed by atoms with Crippen molar-refractivity contribution in [1.82, 2.24) is 10.2 Å². The smallest absolute Gasteiger partial charge is 0.262 e. The third-order valence-corrected chi connectivity index (χ3v) is 5.36. The number of amides is 2. The van der Waals surface area contributed by atoms with Crippen LogP contribution in [-0.2, 0) is 9.53 Å². The van der Waals surface area contributed by atoms with Gasteiger partial charge in [-0.15, -0.1) is 11.3 Å². The fourth-order valence-electron chi connectivity index (χ4n) is 2.77. The van der Waals surface area contributed by atoms with Crippen molar-refractivity contribution in [1.29, 1.82) is 0 Å². The molecule has 1 fully saturated rings. The van der Waals surface area contributed by atoms with Crippen molar-refractivity contribution in [2.75, 3.05) is 26.3 Å². The number of thiophene rings is 1. The lowest BCUT2D eigenvalue weighted by Crippen LogP contribution is -2.50. The molecule has 23 heavy (non-hydrogen) atoms. The SMILES string of the molecule is Cc1c(C(=O)N[C@@H](C)C(=O)N2CCOCC2)sc2ccccc12. The van der Waals surface area contributed by atoms with Crippen LogP contribution >= 0.6 is 11.3 Å². The highest BCUT2D eigenvalue weighted by atomic mass is 32.1. The van der Waals surface area contributed by atoms with E-state index in [1.807, 2.05) is 31.2 Å². The standard InChI is InChI=1S/C17H20N2O3S/c1-11-13-5-3-4-6-14(13)23-15(11)16(20)18-12(2)17(21)19-7-9-22-10-8-19/h3-6,12H,7-10H2,1-2H3,(H,18,20)/t12-/m0/s1. The third-order valence-electron chi connectivity index (χ3n) is 4.09. The summed E-state index contributed by atoms with van der Waals surface area (Å²) in [7, 11) is 0. The summed E-state index contributed by atoms with van der Waals surface area (Å²) in [6.07, 6.45) is 0. The molecular weight excluding hydrogens is 312 g/mol. The second kappa shape index (κ2) is 6.68. The molecule has 1 aromatic heterocycles. The van der Waals surface area contributed by atoms with Gasteiger partial charge in [-0.2, -0.15) is 0 Å². The Labute approximate surface area is 139 Å². The molecular formula is C17H20N2O3S. The minimum Gasteiger partial charge on any atom is -0.378 e. The Balaban J connectivity index is 1.72. The van der Waals surface area contributed by atoms with Gasteiger partial charge in [-0.05, 0) is 30.9 Å². The van der Waals surface area contributed by atoms with Crippen LogP contribution in [0.5, 0.6) is 0 Å². The van der Waals surface area contributed by atoms with Gasteiger partial charge in [0.05, 0.1) is 18.1 Å². The first-order chi connectivity index (χ1) is 11.1. The summed E-state index contributed by atoms with van der Waals surface area (Å²) in [5.41, 5.74) is 0.967. The lowest BCUT2D eigenvalue weighted by Gasteiger charge is -2.29. The van der Waals surface area contributed by atoms with Crippen molar-refractivity contribution in [2.24, 2.45) is 0 Å². The summed E-state index contributed by atoms with van der Waals surface area (Å²) in [5, 5.41) is 3.93. The van der Waals surface area contributed by atoms with Crippen LogP contribution in [0.2, 0.25) is 0 Å². The minimum atomic E-state index is -0.537. The molecule has 1 aliphatic rings. The topological polar surface area (TPSA) is 58.6 Å². The summed E-state index contributed by atoms with van der Waals surface area (Å²) in [6, 6.07) is 7.41. The molecule has 0 unspecified atom stereocenters. The number of morpholine rings is 1. The number of carbonyl (C=O) groups is 2. The Hall–Kier alpha value is -1.92. The van der Waals surface area contributed by atoms with Crippen molar-refractivity contribution >= 4 is 33.2 Å². The first kappa shape index (κ1) is 16.0. The van der Waals surface area contributed by atoms with Crippen LogP contribution < -0.4 is 5.32 Å². The average molecular weight is 332 g/mol. The highest BCUT2D eigenvalue weighted by Crippen LogP contribution is 2.30. The number of hydrogen-bond acceptors (Lipinski definition) is 4. The van der Waals surface area contributed by atoms with E-state index < -0.39 is 6.04 Å². The van der Waals surface area contributed by atoms with E-state index in [1.54, 1.807) is 11.8 Å². The van der Waals surface area contributed by atoms with Gasteiger partial charge in [0, 0.05) is 17.8 Å². The first-order valence-corrected chi connectivity index (χ1v) is 8.55. The van der Waals surface area contributed by atoms with Crippen molar-refractivity contribution in [3.05, 3.63) is 34.7 Å². The van der Waals surface area contributed by atoms with Crippen LogP contribution in [0.15, 0.2) is 24.3 Å². The molecule has 0 spiro atoms. The zero-order valence-corrected chi connectivity index (χ0v) is 14.1. The van der Waals surface area contributed by atoms with Crippen molar-refractivity contribution in [2.45, 2.75) is 19.9 Å². The molecule has 0 saturated carbocycles. The maximum Gasteiger partial charge on any atom is 0.262 e. The summed E-state index contributed by atoms with van der Waals surface area (Å²) >= 11 is 1.46. The van der Waals surface area contributed by atoms with E-state index in [9.17, 15) is 9.59 Å². The Morgan fingerprint density at radius 3 is 2.65 bits per heavy atom. The molecule has 1 aromatic carbocycles. The van der Waals surface area contributed by atoms with E-state index in [1.165, 1.54) is 11.3 Å². The van der Waals surface area contributed by atoms with Gasteiger partial charge < -0.3 is 15.0 Å². The maximum atomic E-state index is 12.5. The third kappa shape index (κ3) is 3.23. The van der Waals surface area contributed by atoms with E-state index in [0.717, 1.165) is 15.6 Å². The molecule has 3 rings (SSSR count). The predicted octanol–water partition coefficient (Wildman–Crippen LogP) is 2.19. The molecule has 2 amide bonds.